The molecule has 0 saturated heterocycles. The van der Waals surface area contributed by atoms with Crippen molar-refractivity contribution in [1.29, 1.82) is 0 Å². The average molecular weight is 541 g/mol. The summed E-state index contributed by atoms with van der Waals surface area (Å²) in [6.07, 6.45) is 0.464. The van der Waals surface area contributed by atoms with Crippen LogP contribution in [0.25, 0.3) is 32.8 Å². The first kappa shape index (κ1) is 24.4. The Kier molecular flexibility index (Phi) is 6.80. The lowest BCUT2D eigenvalue weighted by molar-refractivity contribution is 0.0618. The van der Waals surface area contributed by atoms with Gasteiger partial charge in [0.1, 0.15) is 5.60 Å². The van der Waals surface area contributed by atoms with Gasteiger partial charge in [0, 0.05) is 22.0 Å². The Balaban J connectivity index is 1.88. The van der Waals surface area contributed by atoms with Gasteiger partial charge in [0.15, 0.2) is 0 Å². The van der Waals surface area contributed by atoms with Gasteiger partial charge in [0.05, 0.1) is 18.2 Å². The molecule has 1 aromatic heterocycles. The van der Waals surface area contributed by atoms with Crippen LogP contribution in [0.2, 0.25) is 0 Å². The fourth-order valence-corrected chi connectivity index (χ4v) is 5.32. The molecule has 0 fully saturated rings. The average Bonchev–Trinajstić information content (AvgIpc) is 2.90. The first-order valence-electron chi connectivity index (χ1n) is 12.0. The summed E-state index contributed by atoms with van der Waals surface area (Å²) < 4.78 is 6.78. The van der Waals surface area contributed by atoms with Crippen molar-refractivity contribution in [2.75, 3.05) is 27.7 Å². The van der Waals surface area contributed by atoms with Crippen LogP contribution < -0.4 is 4.74 Å². The van der Waals surface area contributed by atoms with E-state index < -0.39 is 5.60 Å². The van der Waals surface area contributed by atoms with E-state index in [2.05, 4.69) is 57.2 Å². The molecule has 0 saturated carbocycles. The second-order valence-electron chi connectivity index (χ2n) is 9.37. The number of methoxy groups -OCH3 is 1. The van der Waals surface area contributed by atoms with Crippen LogP contribution in [-0.4, -0.2) is 42.7 Å². The highest BCUT2D eigenvalue weighted by atomic mass is 79.9. The van der Waals surface area contributed by atoms with Crippen molar-refractivity contribution in [3.8, 4) is 17.0 Å². The summed E-state index contributed by atoms with van der Waals surface area (Å²) in [5.41, 5.74) is 3.01. The molecule has 5 aromatic rings. The van der Waals surface area contributed by atoms with Crippen molar-refractivity contribution in [2.24, 2.45) is 0 Å². The molecule has 1 heterocycles. The maximum atomic E-state index is 12.9. The van der Waals surface area contributed by atoms with Gasteiger partial charge in [0.2, 0.25) is 5.88 Å². The molecule has 5 rings (SSSR count). The van der Waals surface area contributed by atoms with Crippen LogP contribution >= 0.6 is 15.9 Å². The molecular formula is C31H29BrN2O2. The molecule has 1 atom stereocenters. The number of aromatic nitrogens is 1. The summed E-state index contributed by atoms with van der Waals surface area (Å²) in [5, 5.41) is 15.9. The Bertz CT molecular complexity index is 1530. The standard InChI is InChI=1S/C31H29BrN2O2/c1-34(2)18-17-31(35,27-20-23-19-24(32)14-16-28(23)33-30(27)36-3)29-25-12-8-7-11-22(25)13-15-26(29)21-9-5-4-6-10-21/h4-16,19-20,35H,17-18H2,1-3H3. The topological polar surface area (TPSA) is 45.6 Å². The maximum absolute atomic E-state index is 12.9. The predicted octanol–water partition coefficient (Wildman–Crippen LogP) is 7.01. The molecule has 0 spiro atoms. The van der Waals surface area contributed by atoms with Crippen LogP contribution in [0.5, 0.6) is 5.88 Å². The second-order valence-corrected chi connectivity index (χ2v) is 10.3. The largest absolute Gasteiger partial charge is 0.481 e. The van der Waals surface area contributed by atoms with Gasteiger partial charge in [0.25, 0.3) is 0 Å². The summed E-state index contributed by atoms with van der Waals surface area (Å²) >= 11 is 3.58. The molecule has 182 valence electrons. The number of pyridine rings is 1. The number of halogens is 1. The molecule has 0 aliphatic carbocycles. The zero-order valence-electron chi connectivity index (χ0n) is 20.7. The summed E-state index contributed by atoms with van der Waals surface area (Å²) in [4.78, 5) is 6.91. The first-order chi connectivity index (χ1) is 17.4. The van der Waals surface area contributed by atoms with Gasteiger partial charge in [-0.25, -0.2) is 4.98 Å². The fourth-order valence-electron chi connectivity index (χ4n) is 4.94. The lowest BCUT2D eigenvalue weighted by Gasteiger charge is -2.34. The molecule has 4 aromatic carbocycles. The van der Waals surface area contributed by atoms with Crippen LogP contribution in [0.15, 0.2) is 95.5 Å². The van der Waals surface area contributed by atoms with Crippen LogP contribution in [0.1, 0.15) is 17.5 Å². The van der Waals surface area contributed by atoms with Gasteiger partial charge in [-0.3, -0.25) is 0 Å². The van der Waals surface area contributed by atoms with Crippen molar-refractivity contribution < 1.29 is 9.84 Å². The van der Waals surface area contributed by atoms with Gasteiger partial charge in [-0.15, -0.1) is 0 Å². The number of benzene rings is 4. The SMILES string of the molecule is COc1nc2ccc(Br)cc2cc1C(O)(CCN(C)C)c1c(-c2ccccc2)ccc2ccccc12. The summed E-state index contributed by atoms with van der Waals surface area (Å²) in [6, 6.07) is 30.7. The molecule has 1 N–H and O–H groups in total. The molecule has 1 unspecified atom stereocenters. The number of aliphatic hydroxyl groups is 1. The van der Waals surface area contributed by atoms with Crippen molar-refractivity contribution >= 4 is 37.6 Å². The summed E-state index contributed by atoms with van der Waals surface area (Å²) in [6.45, 7) is 0.674. The highest BCUT2D eigenvalue weighted by Crippen LogP contribution is 2.46. The smallest absolute Gasteiger partial charge is 0.220 e. The third-order valence-electron chi connectivity index (χ3n) is 6.73. The lowest BCUT2D eigenvalue weighted by atomic mass is 9.77. The van der Waals surface area contributed by atoms with Crippen LogP contribution in [-0.2, 0) is 5.60 Å². The van der Waals surface area contributed by atoms with Crippen LogP contribution in [0.4, 0.5) is 0 Å². The van der Waals surface area contributed by atoms with E-state index in [1.165, 1.54) is 0 Å². The predicted molar refractivity (Wildman–Crippen MR) is 152 cm³/mol. The monoisotopic (exact) mass is 540 g/mol. The van der Waals surface area contributed by atoms with Crippen LogP contribution in [0.3, 0.4) is 0 Å². The Morgan fingerprint density at radius 3 is 2.39 bits per heavy atom. The fraction of sp³-hybridized carbons (Fsp3) is 0.194. The number of rotatable bonds is 7. The highest BCUT2D eigenvalue weighted by molar-refractivity contribution is 9.10. The lowest BCUT2D eigenvalue weighted by Crippen LogP contribution is -2.33. The van der Waals surface area contributed by atoms with Crippen molar-refractivity contribution in [3.63, 3.8) is 0 Å². The van der Waals surface area contributed by atoms with Crippen molar-refractivity contribution in [2.45, 2.75) is 12.0 Å². The zero-order chi connectivity index (χ0) is 25.3. The van der Waals surface area contributed by atoms with Gasteiger partial charge in [-0.05, 0) is 66.7 Å². The number of hydrogen-bond acceptors (Lipinski definition) is 4. The third kappa shape index (κ3) is 4.50. The van der Waals surface area contributed by atoms with E-state index >= 15 is 0 Å². The van der Waals surface area contributed by atoms with Crippen molar-refractivity contribution in [3.05, 3.63) is 107 Å². The minimum atomic E-state index is -1.37. The van der Waals surface area contributed by atoms with E-state index in [1.807, 2.05) is 68.7 Å². The third-order valence-corrected chi connectivity index (χ3v) is 7.22. The molecule has 0 radical (unpaired) electrons. The Hall–Kier alpha value is -3.25. The van der Waals surface area contributed by atoms with Gasteiger partial charge in [-0.2, -0.15) is 0 Å². The number of nitrogens with zero attached hydrogens (tertiary/aromatic N) is 2. The normalized spacial score (nSPS) is 13.3. The Labute approximate surface area is 220 Å². The van der Waals surface area contributed by atoms with Gasteiger partial charge < -0.3 is 14.7 Å². The summed E-state index contributed by atoms with van der Waals surface area (Å²) in [7, 11) is 5.66. The molecule has 5 heteroatoms. The molecule has 0 bridgehead atoms. The minimum Gasteiger partial charge on any atom is -0.481 e. The van der Waals surface area contributed by atoms with E-state index in [-0.39, 0.29) is 0 Å². The van der Waals surface area contributed by atoms with Crippen molar-refractivity contribution in [1.82, 2.24) is 9.88 Å². The molecule has 4 nitrogen and oxygen atoms in total. The van der Waals surface area contributed by atoms with Gasteiger partial charge >= 0.3 is 0 Å². The number of hydrogen-bond donors (Lipinski definition) is 1. The molecule has 0 aliphatic rings. The van der Waals surface area contributed by atoms with E-state index in [0.717, 1.165) is 42.8 Å². The highest BCUT2D eigenvalue weighted by Gasteiger charge is 2.39. The molecule has 0 aliphatic heterocycles. The zero-order valence-corrected chi connectivity index (χ0v) is 22.3. The van der Waals surface area contributed by atoms with E-state index in [1.54, 1.807) is 7.11 Å². The van der Waals surface area contributed by atoms with E-state index in [4.69, 9.17) is 9.72 Å². The minimum absolute atomic E-state index is 0.429. The molecular weight excluding hydrogens is 512 g/mol. The van der Waals surface area contributed by atoms with E-state index in [9.17, 15) is 5.11 Å². The number of fused-ring (bicyclic) bond motifs is 2. The maximum Gasteiger partial charge on any atom is 0.220 e. The number of ether oxygens (including phenoxy) is 1. The second kappa shape index (κ2) is 10.0. The quantitative estimate of drug-likeness (QED) is 0.241. The molecule has 0 amide bonds. The first-order valence-corrected chi connectivity index (χ1v) is 12.8. The molecule has 36 heavy (non-hydrogen) atoms. The summed E-state index contributed by atoms with van der Waals surface area (Å²) in [5.74, 6) is 0.429. The van der Waals surface area contributed by atoms with E-state index in [0.29, 0.717) is 24.4 Å². The Morgan fingerprint density at radius 2 is 1.64 bits per heavy atom. The Morgan fingerprint density at radius 1 is 0.889 bits per heavy atom. The van der Waals surface area contributed by atoms with Crippen LogP contribution in [0, 0.1) is 0 Å². The van der Waals surface area contributed by atoms with Gasteiger partial charge in [-0.1, -0.05) is 82.7 Å².